The molecule has 1 aromatic carbocycles. The summed E-state index contributed by atoms with van der Waals surface area (Å²) in [5, 5.41) is 5.44. The fourth-order valence-electron chi connectivity index (χ4n) is 2.62. The number of rotatable bonds is 4. The van der Waals surface area contributed by atoms with E-state index in [2.05, 4.69) is 31.4 Å². The first kappa shape index (κ1) is 18.6. The van der Waals surface area contributed by atoms with Crippen molar-refractivity contribution in [3.8, 4) is 0 Å². The molecule has 0 heterocycles. The van der Waals surface area contributed by atoms with Gasteiger partial charge in [0.2, 0.25) is 0 Å². The summed E-state index contributed by atoms with van der Waals surface area (Å²) in [6.07, 6.45) is 2.74. The van der Waals surface area contributed by atoms with Crippen molar-refractivity contribution in [3.63, 3.8) is 0 Å². The Labute approximate surface area is 137 Å². The van der Waals surface area contributed by atoms with Crippen LogP contribution in [0.2, 0.25) is 0 Å². The maximum atomic E-state index is 12.1. The fourth-order valence-corrected chi connectivity index (χ4v) is 3.08. The Morgan fingerprint density at radius 2 is 1.73 bits per heavy atom. The molecule has 0 atom stereocenters. The van der Waals surface area contributed by atoms with Crippen LogP contribution in [0.25, 0.3) is 0 Å². The lowest BCUT2D eigenvalue weighted by atomic mass is 9.82. The van der Waals surface area contributed by atoms with E-state index in [0.29, 0.717) is 5.69 Å². The Morgan fingerprint density at radius 1 is 1.09 bits per heavy atom. The van der Waals surface area contributed by atoms with E-state index in [1.807, 2.05) is 38.3 Å². The van der Waals surface area contributed by atoms with Crippen LogP contribution in [0.1, 0.15) is 41.0 Å². The second-order valence-electron chi connectivity index (χ2n) is 7.26. The molecule has 122 valence electrons. The van der Waals surface area contributed by atoms with E-state index in [4.69, 9.17) is 0 Å². The molecule has 1 rings (SSSR count). The molecular formula is C17H26N2O2S. The Balaban J connectivity index is 2.67. The van der Waals surface area contributed by atoms with E-state index >= 15 is 0 Å². The molecular weight excluding hydrogens is 296 g/mol. The van der Waals surface area contributed by atoms with Crippen LogP contribution in [0.4, 0.5) is 5.69 Å². The zero-order valence-electron chi connectivity index (χ0n) is 14.2. The molecule has 4 nitrogen and oxygen atoms in total. The lowest BCUT2D eigenvalue weighted by Crippen LogP contribution is -2.49. The van der Waals surface area contributed by atoms with Gasteiger partial charge in [0.15, 0.2) is 0 Å². The predicted molar refractivity (Wildman–Crippen MR) is 93.1 cm³/mol. The molecule has 0 saturated heterocycles. The molecule has 0 unspecified atom stereocenters. The van der Waals surface area contributed by atoms with E-state index in [1.54, 1.807) is 17.8 Å². The molecule has 0 radical (unpaired) electrons. The fraction of sp³-hybridized carbons (Fsp3) is 0.529. The highest BCUT2D eigenvalue weighted by atomic mass is 32.2. The molecule has 2 amide bonds. The van der Waals surface area contributed by atoms with Gasteiger partial charge >= 0.3 is 11.8 Å². The van der Waals surface area contributed by atoms with Crippen LogP contribution in [-0.2, 0) is 9.59 Å². The highest BCUT2D eigenvalue weighted by Gasteiger charge is 2.29. The topological polar surface area (TPSA) is 58.2 Å². The number of thioether (sulfide) groups is 1. The van der Waals surface area contributed by atoms with Crippen LogP contribution in [0, 0.1) is 5.41 Å². The summed E-state index contributed by atoms with van der Waals surface area (Å²) in [5.74, 6) is -1.25. The molecule has 0 aromatic heterocycles. The largest absolute Gasteiger partial charge is 0.343 e. The van der Waals surface area contributed by atoms with Gasteiger partial charge < -0.3 is 10.6 Å². The SMILES string of the molecule is CSc1cccc(NC(=O)C(=O)NC(C)(C)CC(C)(C)C)c1. The van der Waals surface area contributed by atoms with Crippen LogP contribution in [-0.4, -0.2) is 23.6 Å². The molecule has 2 N–H and O–H groups in total. The van der Waals surface area contributed by atoms with Gasteiger partial charge in [-0.05, 0) is 50.1 Å². The van der Waals surface area contributed by atoms with Crippen molar-refractivity contribution < 1.29 is 9.59 Å². The van der Waals surface area contributed by atoms with Gasteiger partial charge in [-0.15, -0.1) is 11.8 Å². The minimum Gasteiger partial charge on any atom is -0.343 e. The van der Waals surface area contributed by atoms with Gasteiger partial charge in [-0.25, -0.2) is 0 Å². The summed E-state index contributed by atoms with van der Waals surface area (Å²) >= 11 is 1.58. The van der Waals surface area contributed by atoms with Gasteiger partial charge in [0.05, 0.1) is 0 Å². The number of carbonyl (C=O) groups is 2. The zero-order chi connectivity index (χ0) is 17.0. The third-order valence-corrected chi connectivity index (χ3v) is 3.68. The molecule has 22 heavy (non-hydrogen) atoms. The van der Waals surface area contributed by atoms with E-state index < -0.39 is 17.4 Å². The van der Waals surface area contributed by atoms with Gasteiger partial charge in [0.1, 0.15) is 0 Å². The average molecular weight is 322 g/mol. The third-order valence-electron chi connectivity index (χ3n) is 2.96. The van der Waals surface area contributed by atoms with E-state index in [9.17, 15) is 9.59 Å². The normalized spacial score (nSPS) is 11.9. The smallest absolute Gasteiger partial charge is 0.313 e. The van der Waals surface area contributed by atoms with E-state index in [1.165, 1.54) is 0 Å². The van der Waals surface area contributed by atoms with Crippen molar-refractivity contribution in [2.24, 2.45) is 5.41 Å². The monoisotopic (exact) mass is 322 g/mol. The van der Waals surface area contributed by atoms with Crippen molar-refractivity contribution in [2.45, 2.75) is 51.5 Å². The summed E-state index contributed by atoms with van der Waals surface area (Å²) < 4.78 is 0. The zero-order valence-corrected chi connectivity index (χ0v) is 15.1. The number of hydrogen-bond acceptors (Lipinski definition) is 3. The average Bonchev–Trinajstić information content (AvgIpc) is 2.35. The molecule has 0 fully saturated rings. The standard InChI is InChI=1S/C17H26N2O2S/c1-16(2,3)11-17(4,5)19-15(21)14(20)18-12-8-7-9-13(10-12)22-6/h7-10H,11H2,1-6H3,(H,18,20)(H,19,21). The Bertz CT molecular complexity index is 548. The number of anilines is 1. The van der Waals surface area contributed by atoms with Crippen LogP contribution in [0.5, 0.6) is 0 Å². The number of hydrogen-bond donors (Lipinski definition) is 2. The van der Waals surface area contributed by atoms with Crippen molar-refractivity contribution >= 4 is 29.3 Å². The first-order chi connectivity index (χ1) is 10.0. The quantitative estimate of drug-likeness (QED) is 0.657. The summed E-state index contributed by atoms with van der Waals surface area (Å²) in [6, 6.07) is 7.41. The molecule has 0 bridgehead atoms. The summed E-state index contributed by atoms with van der Waals surface area (Å²) in [6.45, 7) is 10.2. The molecule has 0 saturated carbocycles. The Hall–Kier alpha value is -1.49. The van der Waals surface area contributed by atoms with Crippen molar-refractivity contribution in [1.82, 2.24) is 5.32 Å². The minimum atomic E-state index is -0.639. The molecule has 0 aliphatic carbocycles. The van der Waals surface area contributed by atoms with Crippen molar-refractivity contribution in [3.05, 3.63) is 24.3 Å². The number of amides is 2. The van der Waals surface area contributed by atoms with Gasteiger partial charge in [0, 0.05) is 16.1 Å². The van der Waals surface area contributed by atoms with Crippen molar-refractivity contribution in [2.75, 3.05) is 11.6 Å². The maximum absolute atomic E-state index is 12.1. The summed E-state index contributed by atoms with van der Waals surface area (Å²) in [5.41, 5.74) is 0.258. The minimum absolute atomic E-state index is 0.0694. The van der Waals surface area contributed by atoms with Crippen LogP contribution < -0.4 is 10.6 Å². The lowest BCUT2D eigenvalue weighted by Gasteiger charge is -2.33. The summed E-state index contributed by atoms with van der Waals surface area (Å²) in [4.78, 5) is 25.1. The van der Waals surface area contributed by atoms with Gasteiger partial charge in [-0.2, -0.15) is 0 Å². The third kappa shape index (κ3) is 6.52. The Morgan fingerprint density at radius 3 is 2.27 bits per heavy atom. The van der Waals surface area contributed by atoms with Gasteiger partial charge in [0.25, 0.3) is 0 Å². The molecule has 1 aromatic rings. The van der Waals surface area contributed by atoms with E-state index in [0.717, 1.165) is 11.3 Å². The van der Waals surface area contributed by atoms with Crippen molar-refractivity contribution in [1.29, 1.82) is 0 Å². The summed E-state index contributed by atoms with van der Waals surface area (Å²) in [7, 11) is 0. The number of carbonyl (C=O) groups excluding carboxylic acids is 2. The van der Waals surface area contributed by atoms with Gasteiger partial charge in [-0.1, -0.05) is 26.8 Å². The van der Waals surface area contributed by atoms with Gasteiger partial charge in [-0.3, -0.25) is 9.59 Å². The number of nitrogens with one attached hydrogen (secondary N) is 2. The van der Waals surface area contributed by atoms with Crippen LogP contribution >= 0.6 is 11.8 Å². The molecule has 5 heteroatoms. The van der Waals surface area contributed by atoms with Crippen LogP contribution in [0.15, 0.2) is 29.2 Å². The Kier molecular flexibility index (Phi) is 6.06. The highest BCUT2D eigenvalue weighted by molar-refractivity contribution is 7.98. The number of benzene rings is 1. The molecule has 0 aliphatic heterocycles. The van der Waals surface area contributed by atoms with E-state index in [-0.39, 0.29) is 5.41 Å². The molecule has 0 aliphatic rings. The first-order valence-corrected chi connectivity index (χ1v) is 8.52. The lowest BCUT2D eigenvalue weighted by molar-refractivity contribution is -0.137. The first-order valence-electron chi connectivity index (χ1n) is 7.30. The maximum Gasteiger partial charge on any atom is 0.313 e. The predicted octanol–water partition coefficient (Wildman–Crippen LogP) is 3.68. The molecule has 0 spiro atoms. The highest BCUT2D eigenvalue weighted by Crippen LogP contribution is 2.26. The van der Waals surface area contributed by atoms with Crippen LogP contribution in [0.3, 0.4) is 0 Å². The second kappa shape index (κ2) is 7.18. The second-order valence-corrected chi connectivity index (χ2v) is 8.14.